The molecule has 0 radical (unpaired) electrons. The van der Waals surface area contributed by atoms with Crippen molar-refractivity contribution < 1.29 is 0 Å². The van der Waals surface area contributed by atoms with E-state index < -0.39 is 0 Å². The molecule has 0 fully saturated rings. The number of rotatable bonds is 7. The lowest BCUT2D eigenvalue weighted by atomic mass is 10.1. The van der Waals surface area contributed by atoms with E-state index in [2.05, 4.69) is 81.5 Å². The third-order valence-electron chi connectivity index (χ3n) is 3.60. The Morgan fingerprint density at radius 3 is 2.32 bits per heavy atom. The number of benzene rings is 1. The molecule has 0 spiro atoms. The van der Waals surface area contributed by atoms with E-state index in [0.29, 0.717) is 18.6 Å². The summed E-state index contributed by atoms with van der Waals surface area (Å²) in [6, 6.07) is 9.48. The minimum atomic E-state index is 0.375. The smallest absolute Gasteiger partial charge is 0.191 e. The minimum absolute atomic E-state index is 0.375. The highest BCUT2D eigenvalue weighted by Crippen LogP contribution is 2.13. The largest absolute Gasteiger partial charge is 0.357 e. The van der Waals surface area contributed by atoms with Crippen molar-refractivity contribution in [3.63, 3.8) is 0 Å². The van der Waals surface area contributed by atoms with E-state index in [9.17, 15) is 0 Å². The van der Waals surface area contributed by atoms with Crippen LogP contribution in [0.1, 0.15) is 45.7 Å². The molecule has 124 valence electrons. The minimum Gasteiger partial charge on any atom is -0.357 e. The predicted molar refractivity (Wildman–Crippen MR) is 96.1 cm³/mol. The van der Waals surface area contributed by atoms with Crippen molar-refractivity contribution in [3.05, 3.63) is 35.4 Å². The zero-order chi connectivity index (χ0) is 16.5. The summed E-state index contributed by atoms with van der Waals surface area (Å²) in [6.45, 7) is 13.3. The monoisotopic (exact) mass is 304 g/mol. The Balaban J connectivity index is 2.83. The molecule has 0 aliphatic carbocycles. The number of aliphatic imine (C=N–C) groups is 1. The third-order valence-corrected chi connectivity index (χ3v) is 3.60. The van der Waals surface area contributed by atoms with E-state index in [0.717, 1.165) is 19.0 Å². The standard InChI is InChI=1S/C18H32N4/c1-7-19-18(21-14(2)3)20-12-16-10-8-9-11-17(16)13-22(6)15(4)5/h8-11,14-15H,7,12-13H2,1-6H3,(H2,19,20,21). The van der Waals surface area contributed by atoms with Crippen LogP contribution in [0.3, 0.4) is 0 Å². The molecule has 0 bridgehead atoms. The molecule has 0 aromatic heterocycles. The summed E-state index contributed by atoms with van der Waals surface area (Å²) in [7, 11) is 2.16. The second-order valence-electron chi connectivity index (χ2n) is 6.27. The van der Waals surface area contributed by atoms with Gasteiger partial charge in [0.1, 0.15) is 0 Å². The number of hydrogen-bond donors (Lipinski definition) is 2. The molecular weight excluding hydrogens is 272 g/mol. The topological polar surface area (TPSA) is 39.7 Å². The second-order valence-corrected chi connectivity index (χ2v) is 6.27. The van der Waals surface area contributed by atoms with E-state index in [-0.39, 0.29) is 0 Å². The van der Waals surface area contributed by atoms with Crippen LogP contribution in [0, 0.1) is 0 Å². The van der Waals surface area contributed by atoms with Gasteiger partial charge >= 0.3 is 0 Å². The van der Waals surface area contributed by atoms with Crippen LogP contribution in [-0.2, 0) is 13.1 Å². The molecule has 4 heteroatoms. The van der Waals surface area contributed by atoms with Crippen molar-refractivity contribution in [3.8, 4) is 0 Å². The van der Waals surface area contributed by atoms with Gasteiger partial charge in [-0.2, -0.15) is 0 Å². The van der Waals surface area contributed by atoms with Crippen LogP contribution < -0.4 is 10.6 Å². The van der Waals surface area contributed by atoms with Gasteiger partial charge in [-0.05, 0) is 52.8 Å². The fourth-order valence-corrected chi connectivity index (χ4v) is 2.07. The molecule has 0 saturated carbocycles. The molecule has 0 aliphatic rings. The van der Waals surface area contributed by atoms with E-state index in [1.807, 2.05) is 0 Å². The Labute approximate surface area is 136 Å². The van der Waals surface area contributed by atoms with Gasteiger partial charge in [0.2, 0.25) is 0 Å². The van der Waals surface area contributed by atoms with Crippen LogP contribution in [-0.4, -0.2) is 36.5 Å². The first-order chi connectivity index (χ1) is 10.4. The lowest BCUT2D eigenvalue weighted by molar-refractivity contribution is 0.265. The first-order valence-electron chi connectivity index (χ1n) is 8.25. The van der Waals surface area contributed by atoms with Crippen molar-refractivity contribution in [2.75, 3.05) is 13.6 Å². The predicted octanol–water partition coefficient (Wildman–Crippen LogP) is 2.99. The zero-order valence-electron chi connectivity index (χ0n) is 15.0. The fraction of sp³-hybridized carbons (Fsp3) is 0.611. The molecule has 4 nitrogen and oxygen atoms in total. The maximum Gasteiger partial charge on any atom is 0.191 e. The third kappa shape index (κ3) is 6.48. The van der Waals surface area contributed by atoms with Crippen LogP contribution in [0.15, 0.2) is 29.3 Å². The molecule has 0 amide bonds. The maximum atomic E-state index is 4.71. The molecule has 1 aromatic rings. The summed E-state index contributed by atoms with van der Waals surface area (Å²) < 4.78 is 0. The van der Waals surface area contributed by atoms with Crippen LogP contribution in [0.2, 0.25) is 0 Å². The Kier molecular flexibility index (Phi) is 7.96. The Bertz CT molecular complexity index is 466. The normalized spacial score (nSPS) is 12.3. The maximum absolute atomic E-state index is 4.71. The van der Waals surface area contributed by atoms with Gasteiger partial charge in [0.05, 0.1) is 6.54 Å². The molecule has 0 unspecified atom stereocenters. The average molecular weight is 304 g/mol. The summed E-state index contributed by atoms with van der Waals surface area (Å²) in [4.78, 5) is 7.06. The Morgan fingerprint density at radius 1 is 1.14 bits per heavy atom. The quantitative estimate of drug-likeness (QED) is 0.601. The van der Waals surface area contributed by atoms with Crippen molar-refractivity contribution >= 4 is 5.96 Å². The van der Waals surface area contributed by atoms with Gasteiger partial charge in [-0.3, -0.25) is 4.90 Å². The van der Waals surface area contributed by atoms with Gasteiger partial charge in [0.25, 0.3) is 0 Å². The number of nitrogens with one attached hydrogen (secondary N) is 2. The SMILES string of the molecule is CCNC(=NCc1ccccc1CN(C)C(C)C)NC(C)C. The fourth-order valence-electron chi connectivity index (χ4n) is 2.07. The van der Waals surface area contributed by atoms with Crippen LogP contribution in [0.4, 0.5) is 0 Å². The number of nitrogens with zero attached hydrogens (tertiary/aromatic N) is 2. The van der Waals surface area contributed by atoms with E-state index >= 15 is 0 Å². The van der Waals surface area contributed by atoms with E-state index in [1.165, 1.54) is 11.1 Å². The lowest BCUT2D eigenvalue weighted by Gasteiger charge is -2.22. The molecule has 0 saturated heterocycles. The average Bonchev–Trinajstić information content (AvgIpc) is 2.45. The van der Waals surface area contributed by atoms with E-state index in [1.54, 1.807) is 0 Å². The van der Waals surface area contributed by atoms with Gasteiger partial charge < -0.3 is 10.6 Å². The second kappa shape index (κ2) is 9.46. The highest BCUT2D eigenvalue weighted by Gasteiger charge is 2.08. The summed E-state index contributed by atoms with van der Waals surface area (Å²) in [6.07, 6.45) is 0. The van der Waals surface area contributed by atoms with Crippen molar-refractivity contribution in [1.82, 2.24) is 15.5 Å². The summed E-state index contributed by atoms with van der Waals surface area (Å²) >= 11 is 0. The number of guanidine groups is 1. The molecule has 0 heterocycles. The molecule has 2 N–H and O–H groups in total. The highest BCUT2D eigenvalue weighted by atomic mass is 15.2. The summed E-state index contributed by atoms with van der Waals surface area (Å²) in [5, 5.41) is 6.65. The van der Waals surface area contributed by atoms with Crippen LogP contribution in [0.25, 0.3) is 0 Å². The lowest BCUT2D eigenvalue weighted by Crippen LogP contribution is -2.41. The molecule has 0 atom stereocenters. The van der Waals surface area contributed by atoms with Gasteiger partial charge in [0.15, 0.2) is 5.96 Å². The van der Waals surface area contributed by atoms with E-state index in [4.69, 9.17) is 4.99 Å². The van der Waals surface area contributed by atoms with Crippen molar-refractivity contribution in [1.29, 1.82) is 0 Å². The Hall–Kier alpha value is -1.55. The van der Waals surface area contributed by atoms with Gasteiger partial charge in [-0.1, -0.05) is 24.3 Å². The van der Waals surface area contributed by atoms with Crippen molar-refractivity contribution in [2.45, 2.75) is 59.8 Å². The zero-order valence-corrected chi connectivity index (χ0v) is 15.0. The van der Waals surface area contributed by atoms with Crippen molar-refractivity contribution in [2.24, 2.45) is 4.99 Å². The van der Waals surface area contributed by atoms with Gasteiger partial charge in [-0.25, -0.2) is 4.99 Å². The molecule has 1 aromatic carbocycles. The molecule has 22 heavy (non-hydrogen) atoms. The van der Waals surface area contributed by atoms with Gasteiger partial charge in [-0.15, -0.1) is 0 Å². The van der Waals surface area contributed by atoms with Gasteiger partial charge in [0, 0.05) is 25.2 Å². The first-order valence-corrected chi connectivity index (χ1v) is 8.25. The number of hydrogen-bond acceptors (Lipinski definition) is 2. The van der Waals surface area contributed by atoms with Crippen LogP contribution in [0.5, 0.6) is 0 Å². The van der Waals surface area contributed by atoms with Crippen LogP contribution >= 0.6 is 0 Å². The molecule has 0 aliphatic heterocycles. The Morgan fingerprint density at radius 2 is 1.77 bits per heavy atom. The first kappa shape index (κ1) is 18.5. The highest BCUT2D eigenvalue weighted by molar-refractivity contribution is 5.80. The molecular formula is C18H32N4. The summed E-state index contributed by atoms with van der Waals surface area (Å²) in [5.74, 6) is 0.879. The molecule has 1 rings (SSSR count). The summed E-state index contributed by atoms with van der Waals surface area (Å²) in [5.41, 5.74) is 2.64.